The van der Waals surface area contributed by atoms with Gasteiger partial charge in [0.1, 0.15) is 6.10 Å². The van der Waals surface area contributed by atoms with Crippen molar-refractivity contribution >= 4 is 0 Å². The fourth-order valence-electron chi connectivity index (χ4n) is 1.19. The van der Waals surface area contributed by atoms with Crippen LogP contribution in [0.1, 0.15) is 27.2 Å². The summed E-state index contributed by atoms with van der Waals surface area (Å²) in [6, 6.07) is 7.69. The Hall–Kier alpha value is -1.22. The molecule has 3 heteroatoms. The third kappa shape index (κ3) is 3.74. The molecule has 3 nitrogen and oxygen atoms in total. The van der Waals surface area contributed by atoms with Gasteiger partial charge in [-0.25, -0.2) is 0 Å². The Kier molecular flexibility index (Phi) is 5.12. The predicted octanol–water partition coefficient (Wildman–Crippen LogP) is 2.59. The molecule has 0 aliphatic rings. The summed E-state index contributed by atoms with van der Waals surface area (Å²) < 4.78 is 11.4. The van der Waals surface area contributed by atoms with Gasteiger partial charge >= 0.3 is 0 Å². The van der Waals surface area contributed by atoms with Crippen molar-refractivity contribution in [2.24, 2.45) is 5.73 Å². The van der Waals surface area contributed by atoms with Crippen LogP contribution in [0.3, 0.4) is 0 Å². The molecule has 0 saturated carbocycles. The Morgan fingerprint density at radius 2 is 1.81 bits per heavy atom. The second-order valence-corrected chi connectivity index (χ2v) is 3.98. The molecule has 0 saturated heterocycles. The van der Waals surface area contributed by atoms with E-state index in [0.29, 0.717) is 6.61 Å². The molecule has 0 heterocycles. The lowest BCUT2D eigenvalue weighted by molar-refractivity contribution is 0.184. The number of benzene rings is 1. The van der Waals surface area contributed by atoms with Crippen molar-refractivity contribution in [3.63, 3.8) is 0 Å². The van der Waals surface area contributed by atoms with Crippen LogP contribution in [-0.4, -0.2) is 18.8 Å². The highest BCUT2D eigenvalue weighted by Gasteiger charge is 2.12. The van der Waals surface area contributed by atoms with E-state index in [0.717, 1.165) is 17.9 Å². The molecule has 0 aromatic heterocycles. The SMILES string of the molecule is CCCOc1ccccc1OC(C)[C@@H](C)N. The lowest BCUT2D eigenvalue weighted by Crippen LogP contribution is -2.33. The minimum absolute atomic E-state index is 0.000712. The molecule has 1 unspecified atom stereocenters. The summed E-state index contributed by atoms with van der Waals surface area (Å²) in [7, 11) is 0. The zero-order valence-electron chi connectivity index (χ0n) is 10.3. The first-order valence-corrected chi connectivity index (χ1v) is 5.79. The minimum Gasteiger partial charge on any atom is -0.490 e. The van der Waals surface area contributed by atoms with Crippen LogP contribution in [-0.2, 0) is 0 Å². The Morgan fingerprint density at radius 3 is 2.38 bits per heavy atom. The summed E-state index contributed by atoms with van der Waals surface area (Å²) in [6.45, 7) is 6.67. The maximum absolute atomic E-state index is 5.77. The first-order chi connectivity index (χ1) is 7.65. The molecule has 0 amide bonds. The molecule has 1 rings (SSSR count). The fourth-order valence-corrected chi connectivity index (χ4v) is 1.19. The van der Waals surface area contributed by atoms with E-state index in [9.17, 15) is 0 Å². The average molecular weight is 223 g/mol. The van der Waals surface area contributed by atoms with Crippen LogP contribution in [0.15, 0.2) is 24.3 Å². The van der Waals surface area contributed by atoms with E-state index in [1.807, 2.05) is 38.1 Å². The van der Waals surface area contributed by atoms with Crippen LogP contribution in [0.5, 0.6) is 11.5 Å². The maximum atomic E-state index is 5.77. The van der Waals surface area contributed by atoms with Crippen molar-refractivity contribution in [3.05, 3.63) is 24.3 Å². The molecule has 0 spiro atoms. The van der Waals surface area contributed by atoms with E-state index in [4.69, 9.17) is 15.2 Å². The lowest BCUT2D eigenvalue weighted by Gasteiger charge is -2.20. The molecular formula is C13H21NO2. The van der Waals surface area contributed by atoms with Crippen molar-refractivity contribution < 1.29 is 9.47 Å². The van der Waals surface area contributed by atoms with Gasteiger partial charge in [0.25, 0.3) is 0 Å². The van der Waals surface area contributed by atoms with Gasteiger partial charge in [-0.1, -0.05) is 19.1 Å². The first-order valence-electron chi connectivity index (χ1n) is 5.79. The van der Waals surface area contributed by atoms with Crippen molar-refractivity contribution in [3.8, 4) is 11.5 Å². The molecule has 16 heavy (non-hydrogen) atoms. The summed E-state index contributed by atoms with van der Waals surface area (Å²) in [5.74, 6) is 1.55. The van der Waals surface area contributed by atoms with Gasteiger partial charge in [0.15, 0.2) is 11.5 Å². The lowest BCUT2D eigenvalue weighted by atomic mass is 10.2. The Bertz CT molecular complexity index is 313. The monoisotopic (exact) mass is 223 g/mol. The molecule has 1 aromatic rings. The smallest absolute Gasteiger partial charge is 0.161 e. The zero-order valence-corrected chi connectivity index (χ0v) is 10.3. The number of hydrogen-bond donors (Lipinski definition) is 1. The molecule has 0 radical (unpaired) electrons. The Labute approximate surface area is 97.6 Å². The molecule has 90 valence electrons. The molecule has 0 aliphatic carbocycles. The van der Waals surface area contributed by atoms with Crippen molar-refractivity contribution in [1.82, 2.24) is 0 Å². The summed E-state index contributed by atoms with van der Waals surface area (Å²) in [5, 5.41) is 0. The highest BCUT2D eigenvalue weighted by Crippen LogP contribution is 2.27. The minimum atomic E-state index is -0.0219. The summed E-state index contributed by atoms with van der Waals surface area (Å²) in [4.78, 5) is 0. The fraction of sp³-hybridized carbons (Fsp3) is 0.538. The third-order valence-corrected chi connectivity index (χ3v) is 2.36. The number of hydrogen-bond acceptors (Lipinski definition) is 3. The molecular weight excluding hydrogens is 202 g/mol. The van der Waals surface area contributed by atoms with Gasteiger partial charge in [0.2, 0.25) is 0 Å². The largest absolute Gasteiger partial charge is 0.490 e. The number of ether oxygens (including phenoxy) is 2. The molecule has 0 bridgehead atoms. The highest BCUT2D eigenvalue weighted by atomic mass is 16.5. The molecule has 2 N–H and O–H groups in total. The second-order valence-electron chi connectivity index (χ2n) is 3.98. The van der Waals surface area contributed by atoms with E-state index in [2.05, 4.69) is 6.92 Å². The van der Waals surface area contributed by atoms with Gasteiger partial charge in [-0.3, -0.25) is 0 Å². The van der Waals surface area contributed by atoms with Crippen LogP contribution in [0.2, 0.25) is 0 Å². The average Bonchev–Trinajstić information content (AvgIpc) is 2.27. The van der Waals surface area contributed by atoms with Gasteiger partial charge in [-0.05, 0) is 32.4 Å². The van der Waals surface area contributed by atoms with E-state index in [-0.39, 0.29) is 12.1 Å². The topological polar surface area (TPSA) is 44.5 Å². The zero-order chi connectivity index (χ0) is 12.0. The normalized spacial score (nSPS) is 14.2. The second kappa shape index (κ2) is 6.38. The molecule has 0 fully saturated rings. The van der Waals surface area contributed by atoms with Crippen LogP contribution in [0, 0.1) is 0 Å². The van der Waals surface area contributed by atoms with Crippen molar-refractivity contribution in [2.75, 3.05) is 6.61 Å². The highest BCUT2D eigenvalue weighted by molar-refractivity contribution is 5.39. The summed E-state index contributed by atoms with van der Waals surface area (Å²) in [6.07, 6.45) is 0.961. The maximum Gasteiger partial charge on any atom is 0.161 e. The van der Waals surface area contributed by atoms with E-state index >= 15 is 0 Å². The van der Waals surface area contributed by atoms with Gasteiger partial charge in [0.05, 0.1) is 6.61 Å². The number of nitrogens with two attached hydrogens (primary N) is 1. The first kappa shape index (κ1) is 12.8. The van der Waals surface area contributed by atoms with Gasteiger partial charge in [-0.15, -0.1) is 0 Å². The van der Waals surface area contributed by atoms with Crippen molar-refractivity contribution in [1.29, 1.82) is 0 Å². The Balaban J connectivity index is 2.70. The van der Waals surface area contributed by atoms with E-state index in [1.54, 1.807) is 0 Å². The van der Waals surface area contributed by atoms with E-state index < -0.39 is 0 Å². The standard InChI is InChI=1S/C13H21NO2/c1-4-9-15-12-7-5-6-8-13(12)16-11(3)10(2)14/h5-8,10-11H,4,9,14H2,1-3H3/t10-,11?/m1/s1. The predicted molar refractivity (Wildman–Crippen MR) is 66.0 cm³/mol. The summed E-state index contributed by atoms with van der Waals surface area (Å²) in [5.41, 5.74) is 5.77. The number of rotatable bonds is 6. The molecule has 0 aliphatic heterocycles. The van der Waals surface area contributed by atoms with Crippen LogP contribution < -0.4 is 15.2 Å². The summed E-state index contributed by atoms with van der Waals surface area (Å²) >= 11 is 0. The van der Waals surface area contributed by atoms with Crippen molar-refractivity contribution in [2.45, 2.75) is 39.3 Å². The van der Waals surface area contributed by atoms with Gasteiger partial charge in [-0.2, -0.15) is 0 Å². The number of para-hydroxylation sites is 2. The third-order valence-electron chi connectivity index (χ3n) is 2.36. The quantitative estimate of drug-likeness (QED) is 0.806. The van der Waals surface area contributed by atoms with E-state index in [1.165, 1.54) is 0 Å². The van der Waals surface area contributed by atoms with Crippen LogP contribution >= 0.6 is 0 Å². The molecule has 1 aromatic carbocycles. The Morgan fingerprint density at radius 1 is 1.19 bits per heavy atom. The van der Waals surface area contributed by atoms with Gasteiger partial charge < -0.3 is 15.2 Å². The van der Waals surface area contributed by atoms with Gasteiger partial charge in [0, 0.05) is 6.04 Å². The van der Waals surface area contributed by atoms with Crippen LogP contribution in [0.4, 0.5) is 0 Å². The molecule has 2 atom stereocenters. The van der Waals surface area contributed by atoms with Crippen LogP contribution in [0.25, 0.3) is 0 Å².